The van der Waals surface area contributed by atoms with Gasteiger partial charge in [-0.1, -0.05) is 37.1 Å². The Kier molecular flexibility index (Phi) is 8.15. The molecular weight excluding hydrogens is 397 g/mol. The minimum Gasteiger partial charge on any atom is -0.497 e. The molecule has 1 heterocycles. The number of nitrogens with zero attached hydrogens (tertiary/aromatic N) is 3. The smallest absolute Gasteiger partial charge is 0.227 e. The summed E-state index contributed by atoms with van der Waals surface area (Å²) in [6.45, 7) is 3.26. The van der Waals surface area contributed by atoms with E-state index < -0.39 is 0 Å². The maximum Gasteiger partial charge on any atom is 0.227 e. The number of methoxy groups -OCH3 is 1. The predicted molar refractivity (Wildman–Crippen MR) is 116 cm³/mol. The number of benzene rings is 2. The molecule has 0 fully saturated rings. The summed E-state index contributed by atoms with van der Waals surface area (Å²) >= 11 is 0. The highest BCUT2D eigenvalue weighted by molar-refractivity contribution is 5.76. The first-order valence-electron chi connectivity index (χ1n) is 10.6. The standard InChI is InChI=1S/C24H28FN3O3/c1-3-4-5-16-28(17-18-6-10-20(25)11-7-18)23(29)15-14-22-26-24(27-31-22)19-8-12-21(30-2)13-9-19/h6-13H,3-5,14-17H2,1-2H3. The van der Waals surface area contributed by atoms with Gasteiger partial charge in [-0.3, -0.25) is 4.79 Å². The fraction of sp³-hybridized carbons (Fsp3) is 0.375. The van der Waals surface area contributed by atoms with Crippen molar-refractivity contribution in [3.05, 3.63) is 65.8 Å². The number of rotatable bonds is 11. The first-order chi connectivity index (χ1) is 15.1. The van der Waals surface area contributed by atoms with E-state index in [1.807, 2.05) is 29.2 Å². The molecule has 3 rings (SSSR count). The summed E-state index contributed by atoms with van der Waals surface area (Å²) in [5.74, 6) is 1.40. The Bertz CT molecular complexity index is 955. The van der Waals surface area contributed by atoms with Crippen molar-refractivity contribution in [1.82, 2.24) is 15.0 Å². The molecule has 0 spiro atoms. The van der Waals surface area contributed by atoms with E-state index in [1.54, 1.807) is 19.2 Å². The minimum absolute atomic E-state index is 0.0182. The van der Waals surface area contributed by atoms with Gasteiger partial charge in [-0.15, -0.1) is 0 Å². The Morgan fingerprint density at radius 1 is 1.10 bits per heavy atom. The van der Waals surface area contributed by atoms with E-state index >= 15 is 0 Å². The van der Waals surface area contributed by atoms with Crippen molar-refractivity contribution in [2.24, 2.45) is 0 Å². The molecular formula is C24H28FN3O3. The summed E-state index contributed by atoms with van der Waals surface area (Å²) in [5.41, 5.74) is 1.73. The van der Waals surface area contributed by atoms with Crippen LogP contribution in [0.5, 0.6) is 5.75 Å². The molecule has 0 aliphatic carbocycles. The van der Waals surface area contributed by atoms with Crippen molar-refractivity contribution in [1.29, 1.82) is 0 Å². The average Bonchev–Trinajstić information content (AvgIpc) is 3.27. The number of ether oxygens (including phenoxy) is 1. The minimum atomic E-state index is -0.281. The molecule has 0 atom stereocenters. The second kappa shape index (κ2) is 11.2. The van der Waals surface area contributed by atoms with Crippen LogP contribution in [0.2, 0.25) is 0 Å². The van der Waals surface area contributed by atoms with Gasteiger partial charge in [-0.25, -0.2) is 4.39 Å². The van der Waals surface area contributed by atoms with Crippen molar-refractivity contribution < 1.29 is 18.4 Å². The van der Waals surface area contributed by atoms with E-state index in [0.29, 0.717) is 31.2 Å². The summed E-state index contributed by atoms with van der Waals surface area (Å²) in [5, 5.41) is 4.01. The number of aromatic nitrogens is 2. The van der Waals surface area contributed by atoms with Gasteiger partial charge in [0.25, 0.3) is 0 Å². The highest BCUT2D eigenvalue weighted by Gasteiger charge is 2.16. The molecule has 1 aromatic heterocycles. The molecule has 3 aromatic rings. The third-order valence-corrected chi connectivity index (χ3v) is 5.04. The first-order valence-corrected chi connectivity index (χ1v) is 10.6. The monoisotopic (exact) mass is 425 g/mol. The fourth-order valence-electron chi connectivity index (χ4n) is 3.24. The van der Waals surface area contributed by atoms with E-state index in [-0.39, 0.29) is 18.1 Å². The van der Waals surface area contributed by atoms with E-state index in [1.165, 1.54) is 12.1 Å². The van der Waals surface area contributed by atoms with E-state index in [2.05, 4.69) is 17.1 Å². The third kappa shape index (κ3) is 6.64. The summed E-state index contributed by atoms with van der Waals surface area (Å²) in [7, 11) is 1.61. The lowest BCUT2D eigenvalue weighted by Crippen LogP contribution is -2.31. The average molecular weight is 426 g/mol. The zero-order valence-electron chi connectivity index (χ0n) is 18.0. The summed E-state index contributed by atoms with van der Waals surface area (Å²) in [4.78, 5) is 19.1. The van der Waals surface area contributed by atoms with Crippen LogP contribution in [0.25, 0.3) is 11.4 Å². The number of carbonyl (C=O) groups is 1. The van der Waals surface area contributed by atoms with Crippen LogP contribution in [-0.4, -0.2) is 34.6 Å². The van der Waals surface area contributed by atoms with Gasteiger partial charge >= 0.3 is 0 Å². The number of carbonyl (C=O) groups excluding carboxylic acids is 1. The number of unbranched alkanes of at least 4 members (excludes halogenated alkanes) is 2. The Labute approximate surface area is 182 Å². The molecule has 0 unspecified atom stereocenters. The first kappa shape index (κ1) is 22.5. The fourth-order valence-corrected chi connectivity index (χ4v) is 3.24. The number of aryl methyl sites for hydroxylation is 1. The zero-order valence-corrected chi connectivity index (χ0v) is 18.0. The predicted octanol–water partition coefficient (Wildman–Crippen LogP) is 5.04. The van der Waals surface area contributed by atoms with Gasteiger partial charge in [0.05, 0.1) is 7.11 Å². The lowest BCUT2D eigenvalue weighted by atomic mass is 10.1. The Morgan fingerprint density at radius 3 is 2.52 bits per heavy atom. The van der Waals surface area contributed by atoms with Crippen molar-refractivity contribution >= 4 is 5.91 Å². The summed E-state index contributed by atoms with van der Waals surface area (Å²) < 4.78 is 23.7. The van der Waals surface area contributed by atoms with E-state index in [9.17, 15) is 9.18 Å². The quantitative estimate of drug-likeness (QED) is 0.403. The van der Waals surface area contributed by atoms with Crippen LogP contribution in [0.1, 0.15) is 44.1 Å². The van der Waals surface area contributed by atoms with Crippen LogP contribution in [0.4, 0.5) is 4.39 Å². The molecule has 0 saturated carbocycles. The molecule has 0 radical (unpaired) electrons. The van der Waals surface area contributed by atoms with Crippen LogP contribution in [0.15, 0.2) is 53.1 Å². The molecule has 7 heteroatoms. The van der Waals surface area contributed by atoms with Gasteiger partial charge < -0.3 is 14.2 Å². The number of amides is 1. The normalized spacial score (nSPS) is 10.8. The number of halogens is 1. The lowest BCUT2D eigenvalue weighted by Gasteiger charge is -2.23. The van der Waals surface area contributed by atoms with Gasteiger partial charge in [0.1, 0.15) is 11.6 Å². The molecule has 0 saturated heterocycles. The highest BCUT2D eigenvalue weighted by atomic mass is 19.1. The number of hydrogen-bond acceptors (Lipinski definition) is 5. The zero-order chi connectivity index (χ0) is 22.1. The largest absolute Gasteiger partial charge is 0.497 e. The molecule has 2 aromatic carbocycles. The molecule has 6 nitrogen and oxygen atoms in total. The van der Waals surface area contributed by atoms with Crippen LogP contribution in [0, 0.1) is 5.82 Å². The van der Waals surface area contributed by atoms with Crippen molar-refractivity contribution in [2.75, 3.05) is 13.7 Å². The Hall–Kier alpha value is -3.22. The second-order valence-electron chi connectivity index (χ2n) is 7.39. The third-order valence-electron chi connectivity index (χ3n) is 5.04. The lowest BCUT2D eigenvalue weighted by molar-refractivity contribution is -0.132. The summed E-state index contributed by atoms with van der Waals surface area (Å²) in [6.07, 6.45) is 3.72. The van der Waals surface area contributed by atoms with Gasteiger partial charge in [0, 0.05) is 31.5 Å². The molecule has 0 aliphatic rings. The molecule has 0 bridgehead atoms. The topological polar surface area (TPSA) is 68.5 Å². The Balaban J connectivity index is 1.60. The molecule has 1 amide bonds. The maximum atomic E-state index is 13.2. The Morgan fingerprint density at radius 2 is 1.84 bits per heavy atom. The van der Waals surface area contributed by atoms with Gasteiger partial charge in [-0.2, -0.15) is 4.98 Å². The molecule has 0 aliphatic heterocycles. The van der Waals surface area contributed by atoms with Crippen molar-refractivity contribution in [3.8, 4) is 17.1 Å². The number of hydrogen-bond donors (Lipinski definition) is 0. The van der Waals surface area contributed by atoms with Crippen molar-refractivity contribution in [3.63, 3.8) is 0 Å². The summed E-state index contributed by atoms with van der Waals surface area (Å²) in [6, 6.07) is 13.7. The molecule has 0 N–H and O–H groups in total. The van der Waals surface area contributed by atoms with Crippen LogP contribution in [0.3, 0.4) is 0 Å². The van der Waals surface area contributed by atoms with Crippen molar-refractivity contribution in [2.45, 2.75) is 45.6 Å². The van der Waals surface area contributed by atoms with Gasteiger partial charge in [0.2, 0.25) is 17.6 Å². The molecule has 164 valence electrons. The van der Waals surface area contributed by atoms with Gasteiger partial charge in [-0.05, 0) is 48.4 Å². The SMILES string of the molecule is CCCCCN(Cc1ccc(F)cc1)C(=O)CCc1nc(-c2ccc(OC)cc2)no1. The second-order valence-corrected chi connectivity index (χ2v) is 7.39. The van der Waals surface area contributed by atoms with Crippen LogP contribution >= 0.6 is 0 Å². The maximum absolute atomic E-state index is 13.2. The van der Waals surface area contributed by atoms with E-state index in [4.69, 9.17) is 9.26 Å². The van der Waals surface area contributed by atoms with Crippen LogP contribution < -0.4 is 4.74 Å². The molecule has 31 heavy (non-hydrogen) atoms. The van der Waals surface area contributed by atoms with Crippen LogP contribution in [-0.2, 0) is 17.8 Å². The van der Waals surface area contributed by atoms with E-state index in [0.717, 1.165) is 36.1 Å². The van der Waals surface area contributed by atoms with Gasteiger partial charge in [0.15, 0.2) is 0 Å². The highest BCUT2D eigenvalue weighted by Crippen LogP contribution is 2.20.